The maximum absolute atomic E-state index is 13.3. The van der Waals surface area contributed by atoms with E-state index in [4.69, 9.17) is 0 Å². The lowest BCUT2D eigenvalue weighted by Gasteiger charge is -2.34. The van der Waals surface area contributed by atoms with Crippen molar-refractivity contribution in [2.45, 2.75) is 6.54 Å². The van der Waals surface area contributed by atoms with Gasteiger partial charge in [0.05, 0.1) is 17.7 Å². The lowest BCUT2D eigenvalue weighted by atomic mass is 10.1. The predicted molar refractivity (Wildman–Crippen MR) is 115 cm³/mol. The number of para-hydroxylation sites is 1. The Morgan fingerprint density at radius 2 is 1.75 bits per heavy atom. The molecule has 0 radical (unpaired) electrons. The molecule has 144 valence electrons. The van der Waals surface area contributed by atoms with Crippen LogP contribution in [0.15, 0.2) is 65.5 Å². The van der Waals surface area contributed by atoms with E-state index in [0.29, 0.717) is 12.1 Å². The first-order chi connectivity index (χ1) is 13.7. The molecule has 1 fully saturated rings. The molecular weight excluding hydrogens is 368 g/mol. The molecule has 1 saturated heterocycles. The van der Waals surface area contributed by atoms with Crippen molar-refractivity contribution in [2.24, 2.45) is 0 Å². The van der Waals surface area contributed by atoms with Gasteiger partial charge >= 0.3 is 0 Å². The molecule has 0 aliphatic carbocycles. The Kier molecular flexibility index (Phi) is 5.69. The fourth-order valence-electron chi connectivity index (χ4n) is 3.40. The number of anilines is 2. The van der Waals surface area contributed by atoms with Crippen molar-refractivity contribution in [2.75, 3.05) is 43.0 Å². The monoisotopic (exact) mass is 392 g/mol. The lowest BCUT2D eigenvalue weighted by Crippen LogP contribution is -2.44. The molecule has 0 N–H and O–H groups in total. The second-order valence-corrected chi connectivity index (χ2v) is 7.76. The van der Waals surface area contributed by atoms with E-state index in [1.165, 1.54) is 5.69 Å². The Morgan fingerprint density at radius 3 is 2.39 bits per heavy atom. The minimum absolute atomic E-state index is 0.0101. The summed E-state index contributed by atoms with van der Waals surface area (Å²) >= 11 is 1.54. The third kappa shape index (κ3) is 4.24. The number of nitrogens with zero attached hydrogens (tertiary/aromatic N) is 4. The molecule has 1 aromatic heterocycles. The van der Waals surface area contributed by atoms with E-state index in [2.05, 4.69) is 34.0 Å². The maximum Gasteiger partial charge on any atom is 0.258 e. The summed E-state index contributed by atoms with van der Waals surface area (Å²) in [4.78, 5) is 24.1. The molecule has 6 heteroatoms. The molecule has 0 saturated carbocycles. The van der Waals surface area contributed by atoms with Crippen LogP contribution in [0.5, 0.6) is 0 Å². The van der Waals surface area contributed by atoms with Crippen LogP contribution in [0.1, 0.15) is 16.1 Å². The summed E-state index contributed by atoms with van der Waals surface area (Å²) < 4.78 is 0. The average Bonchev–Trinajstić information content (AvgIpc) is 3.26. The number of amides is 1. The van der Waals surface area contributed by atoms with Crippen molar-refractivity contribution in [3.63, 3.8) is 0 Å². The average molecular weight is 393 g/mol. The number of hydrogen-bond acceptors (Lipinski definition) is 5. The van der Waals surface area contributed by atoms with Crippen LogP contribution in [0.2, 0.25) is 0 Å². The number of hydrogen-bond donors (Lipinski definition) is 0. The van der Waals surface area contributed by atoms with Crippen molar-refractivity contribution >= 4 is 28.6 Å². The van der Waals surface area contributed by atoms with Crippen molar-refractivity contribution in [1.82, 2.24) is 9.88 Å². The number of thiazole rings is 1. The summed E-state index contributed by atoms with van der Waals surface area (Å²) in [6.45, 7) is 4.63. The predicted octanol–water partition coefficient (Wildman–Crippen LogP) is 3.74. The summed E-state index contributed by atoms with van der Waals surface area (Å²) in [5.74, 6) is -0.0101. The molecule has 0 unspecified atom stereocenters. The lowest BCUT2D eigenvalue weighted by molar-refractivity contribution is 0.0985. The quantitative estimate of drug-likeness (QED) is 0.663. The zero-order valence-corrected chi connectivity index (χ0v) is 16.8. The molecule has 0 atom stereocenters. The number of carbonyl (C=O) groups excluding carboxylic acids is 1. The Bertz CT molecular complexity index is 888. The molecule has 2 heterocycles. The van der Waals surface area contributed by atoms with Gasteiger partial charge in [-0.15, -0.1) is 11.3 Å². The Morgan fingerprint density at radius 1 is 1.04 bits per heavy atom. The third-order valence-corrected chi connectivity index (χ3v) is 5.73. The number of rotatable bonds is 5. The van der Waals surface area contributed by atoms with E-state index in [0.717, 1.165) is 37.6 Å². The summed E-state index contributed by atoms with van der Waals surface area (Å²) in [5.41, 5.74) is 5.45. The number of piperazine rings is 1. The number of likely N-dealkylation sites (N-methyl/N-ethyl adjacent to an activating group) is 1. The van der Waals surface area contributed by atoms with Gasteiger partial charge in [-0.25, -0.2) is 4.98 Å². The molecule has 0 spiro atoms. The largest absolute Gasteiger partial charge is 0.369 e. The normalized spacial score (nSPS) is 14.8. The summed E-state index contributed by atoms with van der Waals surface area (Å²) in [5, 5.41) is 1.99. The van der Waals surface area contributed by atoms with Crippen LogP contribution in [0, 0.1) is 0 Å². The van der Waals surface area contributed by atoms with Gasteiger partial charge in [-0.2, -0.15) is 0 Å². The molecule has 2 aromatic carbocycles. The van der Waals surface area contributed by atoms with Crippen LogP contribution in [0.3, 0.4) is 0 Å². The molecule has 28 heavy (non-hydrogen) atoms. The van der Waals surface area contributed by atoms with Gasteiger partial charge in [0.15, 0.2) is 0 Å². The fraction of sp³-hybridized carbons (Fsp3) is 0.273. The highest BCUT2D eigenvalue weighted by Gasteiger charge is 2.20. The first-order valence-corrected chi connectivity index (χ1v) is 10.4. The van der Waals surface area contributed by atoms with Gasteiger partial charge in [0.1, 0.15) is 0 Å². The molecule has 5 nitrogen and oxygen atoms in total. The van der Waals surface area contributed by atoms with Crippen LogP contribution >= 0.6 is 11.3 Å². The van der Waals surface area contributed by atoms with E-state index in [1.54, 1.807) is 21.7 Å². The zero-order valence-electron chi connectivity index (χ0n) is 16.0. The smallest absolute Gasteiger partial charge is 0.258 e. The van der Waals surface area contributed by atoms with Crippen LogP contribution in [0.4, 0.5) is 11.4 Å². The van der Waals surface area contributed by atoms with Gasteiger partial charge < -0.3 is 14.7 Å². The Labute approximate surface area is 169 Å². The number of benzene rings is 2. The van der Waals surface area contributed by atoms with E-state index in [1.807, 2.05) is 47.8 Å². The second kappa shape index (κ2) is 8.54. The fourth-order valence-corrected chi connectivity index (χ4v) is 3.95. The topological polar surface area (TPSA) is 39.7 Å². The van der Waals surface area contributed by atoms with Gasteiger partial charge in [-0.05, 0) is 43.4 Å². The van der Waals surface area contributed by atoms with E-state index < -0.39 is 0 Å². The van der Waals surface area contributed by atoms with Crippen LogP contribution in [0.25, 0.3) is 0 Å². The first-order valence-electron chi connectivity index (χ1n) is 9.48. The SMILES string of the molecule is CN1CCN(c2ccc(C(=O)N(Cc3cscn3)c3ccccc3)cc2)CC1. The molecule has 4 rings (SSSR count). The van der Waals surface area contributed by atoms with Gasteiger partial charge in [0, 0.05) is 48.5 Å². The second-order valence-electron chi connectivity index (χ2n) is 7.04. The first kappa shape index (κ1) is 18.7. The van der Waals surface area contributed by atoms with Gasteiger partial charge in [0.25, 0.3) is 5.91 Å². The molecule has 0 bridgehead atoms. The Balaban J connectivity index is 1.54. The highest BCUT2D eigenvalue weighted by molar-refractivity contribution is 7.07. The van der Waals surface area contributed by atoms with Gasteiger partial charge in [-0.1, -0.05) is 18.2 Å². The third-order valence-electron chi connectivity index (χ3n) is 5.10. The summed E-state index contributed by atoms with van der Waals surface area (Å²) in [6.07, 6.45) is 0. The zero-order chi connectivity index (χ0) is 19.3. The van der Waals surface area contributed by atoms with E-state index in [-0.39, 0.29) is 5.91 Å². The molecule has 1 aliphatic rings. The van der Waals surface area contributed by atoms with Crippen LogP contribution < -0.4 is 9.80 Å². The van der Waals surface area contributed by atoms with Crippen molar-refractivity contribution in [1.29, 1.82) is 0 Å². The highest BCUT2D eigenvalue weighted by atomic mass is 32.1. The summed E-state index contributed by atoms with van der Waals surface area (Å²) in [6, 6.07) is 17.8. The highest BCUT2D eigenvalue weighted by Crippen LogP contribution is 2.22. The van der Waals surface area contributed by atoms with Crippen molar-refractivity contribution in [3.05, 3.63) is 76.7 Å². The number of carbonyl (C=O) groups is 1. The molecule has 1 aliphatic heterocycles. The Hall–Kier alpha value is -2.70. The molecule has 1 amide bonds. The van der Waals surface area contributed by atoms with Gasteiger partial charge in [0.2, 0.25) is 0 Å². The standard InChI is InChI=1S/C22H24N4OS/c1-24-11-13-25(14-12-24)20-9-7-18(8-10-20)22(27)26(15-19-16-28-17-23-19)21-5-3-2-4-6-21/h2-10,16-17H,11-15H2,1H3. The van der Waals surface area contributed by atoms with E-state index in [9.17, 15) is 4.79 Å². The minimum Gasteiger partial charge on any atom is -0.369 e. The van der Waals surface area contributed by atoms with E-state index >= 15 is 0 Å². The maximum atomic E-state index is 13.3. The van der Waals surface area contributed by atoms with Gasteiger partial charge in [-0.3, -0.25) is 4.79 Å². The van der Waals surface area contributed by atoms with Crippen molar-refractivity contribution < 1.29 is 4.79 Å². The van der Waals surface area contributed by atoms with Crippen LogP contribution in [-0.4, -0.2) is 49.0 Å². The summed E-state index contributed by atoms with van der Waals surface area (Å²) in [7, 11) is 2.15. The molecule has 3 aromatic rings. The molecular formula is C22H24N4OS. The minimum atomic E-state index is -0.0101. The van der Waals surface area contributed by atoms with Crippen LogP contribution in [-0.2, 0) is 6.54 Å². The number of aromatic nitrogens is 1. The van der Waals surface area contributed by atoms with Crippen molar-refractivity contribution in [3.8, 4) is 0 Å².